The molecule has 2 atom stereocenters. The van der Waals surface area contributed by atoms with E-state index >= 15 is 0 Å². The van der Waals surface area contributed by atoms with Gasteiger partial charge in [0.05, 0.1) is 6.10 Å². The molecule has 3 rings (SSSR count). The van der Waals surface area contributed by atoms with Crippen LogP contribution >= 0.6 is 0 Å². The molecule has 2 aromatic rings. The highest BCUT2D eigenvalue weighted by molar-refractivity contribution is 5.88. The van der Waals surface area contributed by atoms with Gasteiger partial charge in [-0.25, -0.2) is 0 Å². The molecule has 5 heteroatoms. The highest BCUT2D eigenvalue weighted by Gasteiger charge is 2.32. The summed E-state index contributed by atoms with van der Waals surface area (Å²) in [7, 11) is 0. The molecule has 1 N–H and O–H groups in total. The van der Waals surface area contributed by atoms with E-state index in [1.54, 1.807) is 4.90 Å². The molecule has 2 aromatic carbocycles. The number of nitrogens with zero attached hydrogens (tertiary/aromatic N) is 1. The summed E-state index contributed by atoms with van der Waals surface area (Å²) in [4.78, 5) is 28.2. The molecule has 0 radical (unpaired) electrons. The Balaban J connectivity index is 1.84. The second-order valence-electron chi connectivity index (χ2n) is 8.19. The molecule has 30 heavy (non-hydrogen) atoms. The van der Waals surface area contributed by atoms with Gasteiger partial charge in [0.15, 0.2) is 0 Å². The SMILES string of the molecule is CC(C)C(=O)N(Cc1ccccc1)C(Cc1ccccc1)C(=O)NCC1CCCO1. The number of carbonyl (C=O) groups is 2. The summed E-state index contributed by atoms with van der Waals surface area (Å²) in [5.74, 6) is -0.343. The fraction of sp³-hybridized carbons (Fsp3) is 0.440. The maximum absolute atomic E-state index is 13.3. The predicted octanol–water partition coefficient (Wildman–Crippen LogP) is 3.58. The lowest BCUT2D eigenvalue weighted by Gasteiger charge is -2.33. The first kappa shape index (κ1) is 22.0. The van der Waals surface area contributed by atoms with Gasteiger partial charge in [0, 0.05) is 32.0 Å². The second-order valence-corrected chi connectivity index (χ2v) is 8.19. The van der Waals surface area contributed by atoms with Crippen LogP contribution in [-0.4, -0.2) is 42.0 Å². The number of carbonyl (C=O) groups excluding carboxylic acids is 2. The highest BCUT2D eigenvalue weighted by Crippen LogP contribution is 2.18. The topological polar surface area (TPSA) is 58.6 Å². The Morgan fingerprint density at radius 2 is 1.67 bits per heavy atom. The van der Waals surface area contributed by atoms with Gasteiger partial charge in [0.25, 0.3) is 0 Å². The van der Waals surface area contributed by atoms with E-state index in [4.69, 9.17) is 4.74 Å². The third-order valence-corrected chi connectivity index (χ3v) is 5.45. The maximum atomic E-state index is 13.3. The van der Waals surface area contributed by atoms with Crippen molar-refractivity contribution in [1.82, 2.24) is 10.2 Å². The number of rotatable bonds is 9. The first-order valence-corrected chi connectivity index (χ1v) is 10.8. The van der Waals surface area contributed by atoms with Crippen molar-refractivity contribution in [3.05, 3.63) is 71.8 Å². The number of hydrogen-bond donors (Lipinski definition) is 1. The van der Waals surface area contributed by atoms with Crippen molar-refractivity contribution in [2.75, 3.05) is 13.2 Å². The molecule has 1 aliphatic heterocycles. The molecule has 0 bridgehead atoms. The van der Waals surface area contributed by atoms with Crippen LogP contribution in [0.3, 0.4) is 0 Å². The van der Waals surface area contributed by atoms with E-state index in [1.807, 2.05) is 74.5 Å². The van der Waals surface area contributed by atoms with Crippen molar-refractivity contribution < 1.29 is 14.3 Å². The van der Waals surface area contributed by atoms with Crippen LogP contribution in [0, 0.1) is 5.92 Å². The van der Waals surface area contributed by atoms with Crippen LogP contribution in [0.1, 0.15) is 37.8 Å². The Morgan fingerprint density at radius 3 is 2.23 bits per heavy atom. The van der Waals surface area contributed by atoms with Gasteiger partial charge in [0.2, 0.25) is 11.8 Å². The first-order valence-electron chi connectivity index (χ1n) is 10.8. The van der Waals surface area contributed by atoms with Gasteiger partial charge < -0.3 is 15.0 Å². The second kappa shape index (κ2) is 10.9. The fourth-order valence-electron chi connectivity index (χ4n) is 3.77. The molecule has 1 aliphatic rings. The number of hydrogen-bond acceptors (Lipinski definition) is 3. The van der Waals surface area contributed by atoms with Crippen LogP contribution in [0.25, 0.3) is 0 Å². The normalized spacial score (nSPS) is 17.0. The minimum Gasteiger partial charge on any atom is -0.376 e. The quantitative estimate of drug-likeness (QED) is 0.690. The van der Waals surface area contributed by atoms with Crippen molar-refractivity contribution in [1.29, 1.82) is 0 Å². The van der Waals surface area contributed by atoms with Gasteiger partial charge >= 0.3 is 0 Å². The summed E-state index contributed by atoms with van der Waals surface area (Å²) in [6.45, 7) is 5.40. The van der Waals surface area contributed by atoms with Gasteiger partial charge in [-0.1, -0.05) is 74.5 Å². The molecule has 1 heterocycles. The average molecular weight is 409 g/mol. The molecule has 0 aromatic heterocycles. The molecular formula is C25H32N2O3. The minimum absolute atomic E-state index is 0.0212. The van der Waals surface area contributed by atoms with Gasteiger partial charge in [-0.3, -0.25) is 9.59 Å². The third kappa shape index (κ3) is 6.17. The molecular weight excluding hydrogens is 376 g/mol. The van der Waals surface area contributed by atoms with Crippen molar-refractivity contribution in [2.24, 2.45) is 5.92 Å². The van der Waals surface area contributed by atoms with Crippen molar-refractivity contribution in [3.8, 4) is 0 Å². The zero-order chi connectivity index (χ0) is 21.3. The van der Waals surface area contributed by atoms with E-state index in [0.29, 0.717) is 19.5 Å². The summed E-state index contributed by atoms with van der Waals surface area (Å²) in [6.07, 6.45) is 2.53. The van der Waals surface area contributed by atoms with Gasteiger partial charge in [-0.2, -0.15) is 0 Å². The lowest BCUT2D eigenvalue weighted by Crippen LogP contribution is -2.52. The van der Waals surface area contributed by atoms with Crippen molar-refractivity contribution in [3.63, 3.8) is 0 Å². The highest BCUT2D eigenvalue weighted by atomic mass is 16.5. The number of ether oxygens (including phenoxy) is 1. The lowest BCUT2D eigenvalue weighted by molar-refractivity contribution is -0.143. The molecule has 0 spiro atoms. The molecule has 5 nitrogen and oxygen atoms in total. The summed E-state index contributed by atoms with van der Waals surface area (Å²) in [5, 5.41) is 3.05. The Labute approximate surface area is 179 Å². The van der Waals surface area contributed by atoms with E-state index < -0.39 is 6.04 Å². The van der Waals surface area contributed by atoms with Crippen molar-refractivity contribution in [2.45, 2.75) is 51.8 Å². The standard InChI is InChI=1S/C25H32N2O3/c1-19(2)25(29)27(18-21-12-7-4-8-13-21)23(16-20-10-5-3-6-11-20)24(28)26-17-22-14-9-15-30-22/h3-8,10-13,19,22-23H,9,14-18H2,1-2H3,(H,26,28). The number of nitrogens with one attached hydrogen (secondary N) is 1. The van der Waals surface area contributed by atoms with Gasteiger partial charge in [-0.05, 0) is 24.0 Å². The van der Waals surface area contributed by atoms with E-state index in [2.05, 4.69) is 5.32 Å². The molecule has 0 saturated carbocycles. The molecule has 160 valence electrons. The lowest BCUT2D eigenvalue weighted by atomic mass is 10.0. The maximum Gasteiger partial charge on any atom is 0.243 e. The van der Waals surface area contributed by atoms with Crippen LogP contribution in [0.4, 0.5) is 0 Å². The van der Waals surface area contributed by atoms with Crippen molar-refractivity contribution >= 4 is 11.8 Å². The molecule has 2 unspecified atom stereocenters. The molecule has 1 saturated heterocycles. The summed E-state index contributed by atoms with van der Waals surface area (Å²) in [6, 6.07) is 19.1. The smallest absolute Gasteiger partial charge is 0.243 e. The largest absolute Gasteiger partial charge is 0.376 e. The predicted molar refractivity (Wildman–Crippen MR) is 118 cm³/mol. The Hall–Kier alpha value is -2.66. The fourth-order valence-corrected chi connectivity index (χ4v) is 3.77. The van der Waals surface area contributed by atoms with Crippen LogP contribution in [0.5, 0.6) is 0 Å². The Bertz CT molecular complexity index is 802. The van der Waals surface area contributed by atoms with E-state index in [-0.39, 0.29) is 23.8 Å². The Morgan fingerprint density at radius 1 is 1.03 bits per heavy atom. The summed E-state index contributed by atoms with van der Waals surface area (Å²) in [5.41, 5.74) is 2.04. The van der Waals surface area contributed by atoms with Gasteiger partial charge in [-0.15, -0.1) is 0 Å². The van der Waals surface area contributed by atoms with E-state index in [1.165, 1.54) is 0 Å². The molecule has 2 amide bonds. The number of amides is 2. The third-order valence-electron chi connectivity index (χ3n) is 5.45. The molecule has 1 fully saturated rings. The zero-order valence-electron chi connectivity index (χ0n) is 17.9. The zero-order valence-corrected chi connectivity index (χ0v) is 17.9. The molecule has 0 aliphatic carbocycles. The minimum atomic E-state index is -0.580. The summed E-state index contributed by atoms with van der Waals surface area (Å²) < 4.78 is 5.65. The van der Waals surface area contributed by atoms with Crippen LogP contribution < -0.4 is 5.32 Å². The Kier molecular flexibility index (Phi) is 8.03. The monoisotopic (exact) mass is 408 g/mol. The van der Waals surface area contributed by atoms with Gasteiger partial charge in [0.1, 0.15) is 6.04 Å². The first-order chi connectivity index (χ1) is 14.5. The average Bonchev–Trinajstić information content (AvgIpc) is 3.29. The van der Waals surface area contributed by atoms with Crippen LogP contribution in [0.15, 0.2) is 60.7 Å². The van der Waals surface area contributed by atoms with E-state index in [0.717, 1.165) is 30.6 Å². The van der Waals surface area contributed by atoms with Crippen LogP contribution in [0.2, 0.25) is 0 Å². The number of benzene rings is 2. The van der Waals surface area contributed by atoms with E-state index in [9.17, 15) is 9.59 Å². The van der Waals surface area contributed by atoms with Crippen LogP contribution in [-0.2, 0) is 27.3 Å². The summed E-state index contributed by atoms with van der Waals surface area (Å²) >= 11 is 0.